The largest absolute Gasteiger partial charge is 0.370 e. The summed E-state index contributed by atoms with van der Waals surface area (Å²) in [7, 11) is 0. The van der Waals surface area contributed by atoms with Crippen LogP contribution in [-0.2, 0) is 11.3 Å². The van der Waals surface area contributed by atoms with Gasteiger partial charge in [0.05, 0.1) is 29.3 Å². The summed E-state index contributed by atoms with van der Waals surface area (Å²) >= 11 is 0. The van der Waals surface area contributed by atoms with E-state index >= 15 is 0 Å². The molecule has 0 saturated carbocycles. The first-order chi connectivity index (χ1) is 15.9. The second-order valence-corrected chi connectivity index (χ2v) is 9.51. The Morgan fingerprint density at radius 3 is 2.67 bits per heavy atom. The average Bonchev–Trinajstić information content (AvgIpc) is 3.34. The molecule has 2 aromatic rings. The van der Waals surface area contributed by atoms with E-state index in [0.717, 1.165) is 44.6 Å². The number of likely N-dealkylation sites (tertiary alicyclic amines) is 1. The van der Waals surface area contributed by atoms with Gasteiger partial charge in [0.2, 0.25) is 5.91 Å². The fourth-order valence-electron chi connectivity index (χ4n) is 5.31. The van der Waals surface area contributed by atoms with Crippen LogP contribution in [0, 0.1) is 18.8 Å². The fourth-order valence-corrected chi connectivity index (χ4v) is 5.31. The summed E-state index contributed by atoms with van der Waals surface area (Å²) in [5.74, 6) is -0.0145. The SMILES string of the molecule is Cc1nonc1CN1C(=O)c2cccc(N3CCCC(C(=O)N4CCCC(C)C4)C3)c2C1=O. The number of carbonyl (C=O) groups excluding carboxylic acids is 3. The van der Waals surface area contributed by atoms with Gasteiger partial charge in [0.15, 0.2) is 0 Å². The summed E-state index contributed by atoms with van der Waals surface area (Å²) in [6.07, 6.45) is 3.96. The number of imide groups is 1. The quantitative estimate of drug-likeness (QED) is 0.659. The molecule has 3 aliphatic heterocycles. The van der Waals surface area contributed by atoms with Gasteiger partial charge in [0.25, 0.3) is 11.8 Å². The number of amides is 3. The van der Waals surface area contributed by atoms with Gasteiger partial charge in [-0.25, -0.2) is 4.63 Å². The van der Waals surface area contributed by atoms with E-state index in [-0.39, 0.29) is 30.2 Å². The molecule has 4 heterocycles. The van der Waals surface area contributed by atoms with Gasteiger partial charge in [-0.1, -0.05) is 23.3 Å². The molecule has 9 nitrogen and oxygen atoms in total. The lowest BCUT2D eigenvalue weighted by Crippen LogP contribution is -2.48. The standard InChI is InChI=1S/C24H29N5O4/c1-15-6-4-11-28(12-15)22(30)17-7-5-10-27(13-17)20-9-3-8-18-21(20)24(32)29(23(18)31)14-19-16(2)25-33-26-19/h3,8-9,15,17H,4-7,10-14H2,1-2H3. The third-order valence-electron chi connectivity index (χ3n) is 7.11. The molecule has 2 atom stereocenters. The number of aryl methyl sites for hydroxylation is 1. The van der Waals surface area contributed by atoms with Crippen LogP contribution in [0.2, 0.25) is 0 Å². The molecule has 0 N–H and O–H groups in total. The summed E-state index contributed by atoms with van der Waals surface area (Å²) in [6, 6.07) is 5.38. The lowest BCUT2D eigenvalue weighted by atomic mass is 9.93. The molecule has 33 heavy (non-hydrogen) atoms. The Morgan fingerprint density at radius 2 is 1.91 bits per heavy atom. The van der Waals surface area contributed by atoms with Crippen LogP contribution in [0.1, 0.15) is 64.7 Å². The van der Waals surface area contributed by atoms with Gasteiger partial charge in [-0.3, -0.25) is 19.3 Å². The molecule has 1 aromatic heterocycles. The third kappa shape index (κ3) is 3.89. The topological polar surface area (TPSA) is 99.8 Å². The van der Waals surface area contributed by atoms with Crippen LogP contribution < -0.4 is 4.90 Å². The molecule has 2 fully saturated rings. The van der Waals surface area contributed by atoms with Gasteiger partial charge >= 0.3 is 0 Å². The fraction of sp³-hybridized carbons (Fsp3) is 0.542. The minimum atomic E-state index is -0.341. The number of nitrogens with zero attached hydrogens (tertiary/aromatic N) is 5. The van der Waals surface area contributed by atoms with Crippen LogP contribution in [0.4, 0.5) is 5.69 Å². The maximum absolute atomic E-state index is 13.3. The first kappa shape index (κ1) is 21.6. The van der Waals surface area contributed by atoms with E-state index in [0.29, 0.717) is 35.0 Å². The van der Waals surface area contributed by atoms with Crippen molar-refractivity contribution in [1.82, 2.24) is 20.1 Å². The average molecular weight is 452 g/mol. The number of carbonyl (C=O) groups is 3. The molecule has 0 aliphatic carbocycles. The van der Waals surface area contributed by atoms with Crippen molar-refractivity contribution in [3.8, 4) is 0 Å². The monoisotopic (exact) mass is 451 g/mol. The molecule has 5 rings (SSSR count). The smallest absolute Gasteiger partial charge is 0.264 e. The zero-order valence-electron chi connectivity index (χ0n) is 19.1. The van der Waals surface area contributed by atoms with E-state index in [4.69, 9.17) is 4.63 Å². The minimum absolute atomic E-state index is 0.0232. The Bertz CT molecular complexity index is 1100. The van der Waals surface area contributed by atoms with Crippen LogP contribution in [0.25, 0.3) is 0 Å². The zero-order chi connectivity index (χ0) is 23.1. The summed E-state index contributed by atoms with van der Waals surface area (Å²) in [4.78, 5) is 44.9. The number of aromatic nitrogens is 2. The number of piperidine rings is 2. The van der Waals surface area contributed by atoms with Crippen LogP contribution in [-0.4, -0.2) is 64.0 Å². The van der Waals surface area contributed by atoms with Gasteiger partial charge in [-0.05, 0) is 50.7 Å². The molecular weight excluding hydrogens is 422 g/mol. The molecular formula is C24H29N5O4. The minimum Gasteiger partial charge on any atom is -0.370 e. The lowest BCUT2D eigenvalue weighted by Gasteiger charge is -2.38. The first-order valence-corrected chi connectivity index (χ1v) is 11.7. The van der Waals surface area contributed by atoms with E-state index < -0.39 is 0 Å². The predicted octanol–water partition coefficient (Wildman–Crippen LogP) is 2.65. The number of fused-ring (bicyclic) bond motifs is 1. The van der Waals surface area contributed by atoms with Gasteiger partial charge in [0, 0.05) is 26.2 Å². The van der Waals surface area contributed by atoms with Crippen molar-refractivity contribution in [2.75, 3.05) is 31.1 Å². The third-order valence-corrected chi connectivity index (χ3v) is 7.11. The van der Waals surface area contributed by atoms with Crippen LogP contribution >= 0.6 is 0 Å². The van der Waals surface area contributed by atoms with Crippen molar-refractivity contribution in [2.24, 2.45) is 11.8 Å². The Balaban J connectivity index is 1.37. The van der Waals surface area contributed by atoms with E-state index in [9.17, 15) is 14.4 Å². The molecule has 1 aromatic carbocycles. The van der Waals surface area contributed by atoms with Crippen molar-refractivity contribution in [2.45, 2.75) is 46.1 Å². The summed E-state index contributed by atoms with van der Waals surface area (Å²) in [6.45, 7) is 6.93. The number of benzene rings is 1. The second kappa shape index (κ2) is 8.61. The Kier molecular flexibility index (Phi) is 5.64. The number of rotatable bonds is 4. The normalized spacial score (nSPS) is 23.3. The number of hydrogen-bond acceptors (Lipinski definition) is 7. The summed E-state index contributed by atoms with van der Waals surface area (Å²) < 4.78 is 4.72. The highest BCUT2D eigenvalue weighted by Crippen LogP contribution is 2.35. The Labute approximate surface area is 192 Å². The van der Waals surface area contributed by atoms with Crippen molar-refractivity contribution in [3.05, 3.63) is 40.7 Å². The molecule has 0 spiro atoms. The summed E-state index contributed by atoms with van der Waals surface area (Å²) in [5, 5.41) is 7.55. The van der Waals surface area contributed by atoms with Crippen LogP contribution in [0.3, 0.4) is 0 Å². The highest BCUT2D eigenvalue weighted by atomic mass is 16.6. The van der Waals surface area contributed by atoms with E-state index in [1.165, 1.54) is 11.3 Å². The van der Waals surface area contributed by atoms with Crippen LogP contribution in [0.5, 0.6) is 0 Å². The van der Waals surface area contributed by atoms with E-state index in [1.807, 2.05) is 17.0 Å². The van der Waals surface area contributed by atoms with Crippen molar-refractivity contribution >= 4 is 23.4 Å². The van der Waals surface area contributed by atoms with Crippen molar-refractivity contribution < 1.29 is 19.0 Å². The van der Waals surface area contributed by atoms with Gasteiger partial charge in [0.1, 0.15) is 11.4 Å². The molecule has 9 heteroatoms. The molecule has 3 aliphatic rings. The van der Waals surface area contributed by atoms with Gasteiger partial charge in [-0.15, -0.1) is 0 Å². The molecule has 2 unspecified atom stereocenters. The highest BCUT2D eigenvalue weighted by Gasteiger charge is 2.40. The number of anilines is 1. The van der Waals surface area contributed by atoms with E-state index in [2.05, 4.69) is 22.1 Å². The molecule has 2 saturated heterocycles. The molecule has 174 valence electrons. The van der Waals surface area contributed by atoms with Crippen molar-refractivity contribution in [3.63, 3.8) is 0 Å². The molecule has 0 radical (unpaired) electrons. The zero-order valence-corrected chi connectivity index (χ0v) is 19.1. The van der Waals surface area contributed by atoms with E-state index in [1.54, 1.807) is 13.0 Å². The highest BCUT2D eigenvalue weighted by molar-refractivity contribution is 6.23. The summed E-state index contributed by atoms with van der Waals surface area (Å²) in [5.41, 5.74) is 2.55. The van der Waals surface area contributed by atoms with Gasteiger partial charge in [-0.2, -0.15) is 0 Å². The predicted molar refractivity (Wildman–Crippen MR) is 120 cm³/mol. The van der Waals surface area contributed by atoms with Gasteiger partial charge < -0.3 is 9.80 Å². The second-order valence-electron chi connectivity index (χ2n) is 9.51. The Morgan fingerprint density at radius 1 is 1.09 bits per heavy atom. The number of hydrogen-bond donors (Lipinski definition) is 0. The molecule has 3 amide bonds. The maximum atomic E-state index is 13.3. The molecule has 0 bridgehead atoms. The first-order valence-electron chi connectivity index (χ1n) is 11.7. The van der Waals surface area contributed by atoms with Crippen molar-refractivity contribution in [1.29, 1.82) is 0 Å². The maximum Gasteiger partial charge on any atom is 0.264 e. The lowest BCUT2D eigenvalue weighted by molar-refractivity contribution is -0.137. The Hall–Kier alpha value is -3.23. The van der Waals surface area contributed by atoms with Crippen LogP contribution in [0.15, 0.2) is 22.8 Å².